The molecule has 1 aromatic rings. The largest absolute Gasteiger partial charge is 0.493 e. The molecule has 0 aromatic heterocycles. The topological polar surface area (TPSA) is 9.23 Å². The van der Waals surface area contributed by atoms with Crippen molar-refractivity contribution in [1.29, 1.82) is 0 Å². The van der Waals surface area contributed by atoms with E-state index < -0.39 is 0 Å². The summed E-state index contributed by atoms with van der Waals surface area (Å²) in [6, 6.07) is 8.46. The number of hydrogen-bond acceptors (Lipinski definition) is 1. The van der Waals surface area contributed by atoms with Crippen LogP contribution in [0.4, 0.5) is 0 Å². The Kier molecular flexibility index (Phi) is 6.46. The summed E-state index contributed by atoms with van der Waals surface area (Å²) in [5, 5.41) is 0. The lowest BCUT2D eigenvalue weighted by atomic mass is 10.1. The van der Waals surface area contributed by atoms with Crippen molar-refractivity contribution < 1.29 is 4.74 Å². The first-order valence-corrected chi connectivity index (χ1v) is 6.64. The molecule has 0 heterocycles. The molecule has 17 heavy (non-hydrogen) atoms. The van der Waals surface area contributed by atoms with E-state index >= 15 is 0 Å². The van der Waals surface area contributed by atoms with E-state index in [1.807, 2.05) is 6.92 Å². The van der Waals surface area contributed by atoms with Gasteiger partial charge in [0.2, 0.25) is 0 Å². The molecule has 0 fully saturated rings. The molecule has 0 bridgehead atoms. The van der Waals surface area contributed by atoms with Crippen molar-refractivity contribution in [1.82, 2.24) is 0 Å². The van der Waals surface area contributed by atoms with Crippen molar-refractivity contribution >= 4 is 5.76 Å². The molecular weight excluding hydrogens is 208 g/mol. The SMILES string of the molecule is CC=C(OCCCCCC)c1cccc(C)c1. The maximum Gasteiger partial charge on any atom is 0.122 e. The van der Waals surface area contributed by atoms with Crippen LogP contribution in [-0.4, -0.2) is 6.61 Å². The van der Waals surface area contributed by atoms with E-state index in [9.17, 15) is 0 Å². The van der Waals surface area contributed by atoms with Crippen LogP contribution in [0.25, 0.3) is 5.76 Å². The molecule has 1 nitrogen and oxygen atoms in total. The summed E-state index contributed by atoms with van der Waals surface area (Å²) in [5.41, 5.74) is 2.46. The van der Waals surface area contributed by atoms with Crippen molar-refractivity contribution in [2.75, 3.05) is 6.61 Å². The van der Waals surface area contributed by atoms with E-state index in [0.717, 1.165) is 18.8 Å². The van der Waals surface area contributed by atoms with Gasteiger partial charge in [-0.1, -0.05) is 49.9 Å². The molecule has 0 N–H and O–H groups in total. The number of hydrogen-bond donors (Lipinski definition) is 0. The van der Waals surface area contributed by atoms with Gasteiger partial charge in [-0.2, -0.15) is 0 Å². The summed E-state index contributed by atoms with van der Waals surface area (Å²) >= 11 is 0. The molecule has 0 aliphatic carbocycles. The summed E-state index contributed by atoms with van der Waals surface area (Å²) in [4.78, 5) is 0. The normalized spacial score (nSPS) is 11.6. The van der Waals surface area contributed by atoms with Gasteiger partial charge in [-0.25, -0.2) is 0 Å². The van der Waals surface area contributed by atoms with Crippen molar-refractivity contribution in [3.63, 3.8) is 0 Å². The van der Waals surface area contributed by atoms with E-state index in [4.69, 9.17) is 4.74 Å². The maximum atomic E-state index is 5.84. The van der Waals surface area contributed by atoms with Crippen LogP contribution in [0, 0.1) is 6.92 Å². The molecule has 0 saturated carbocycles. The zero-order chi connectivity index (χ0) is 12.5. The zero-order valence-electron chi connectivity index (χ0n) is 11.3. The summed E-state index contributed by atoms with van der Waals surface area (Å²) < 4.78 is 5.84. The third kappa shape index (κ3) is 5.08. The number of allylic oxidation sites excluding steroid dienone is 1. The van der Waals surface area contributed by atoms with Gasteiger partial charge >= 0.3 is 0 Å². The van der Waals surface area contributed by atoms with Gasteiger partial charge < -0.3 is 4.74 Å². The monoisotopic (exact) mass is 232 g/mol. The number of aryl methyl sites for hydroxylation is 1. The summed E-state index contributed by atoms with van der Waals surface area (Å²) in [5.74, 6) is 1.00. The average Bonchev–Trinajstić information content (AvgIpc) is 2.34. The molecule has 0 aliphatic heterocycles. The second kappa shape index (κ2) is 7.94. The van der Waals surface area contributed by atoms with Gasteiger partial charge in [-0.05, 0) is 32.4 Å². The van der Waals surface area contributed by atoms with E-state index in [1.54, 1.807) is 0 Å². The number of benzene rings is 1. The summed E-state index contributed by atoms with van der Waals surface area (Å²) in [6.45, 7) is 7.19. The Bertz CT molecular complexity index is 352. The Hall–Kier alpha value is -1.24. The molecule has 0 aliphatic rings. The average molecular weight is 232 g/mol. The minimum absolute atomic E-state index is 0.827. The Morgan fingerprint density at radius 1 is 1.24 bits per heavy atom. The van der Waals surface area contributed by atoms with Crippen molar-refractivity contribution in [3.8, 4) is 0 Å². The Morgan fingerprint density at radius 2 is 2.06 bits per heavy atom. The van der Waals surface area contributed by atoms with Gasteiger partial charge in [0.25, 0.3) is 0 Å². The first-order chi connectivity index (χ1) is 8.27. The fourth-order valence-electron chi connectivity index (χ4n) is 1.84. The first kappa shape index (κ1) is 13.8. The van der Waals surface area contributed by atoms with Gasteiger partial charge in [-0.3, -0.25) is 0 Å². The van der Waals surface area contributed by atoms with Crippen LogP contribution in [-0.2, 0) is 4.74 Å². The molecule has 1 rings (SSSR count). The minimum atomic E-state index is 0.827. The van der Waals surface area contributed by atoms with Crippen LogP contribution in [0.15, 0.2) is 30.3 Å². The molecule has 1 heteroatoms. The van der Waals surface area contributed by atoms with Crippen molar-refractivity contribution in [3.05, 3.63) is 41.5 Å². The predicted molar refractivity (Wildman–Crippen MR) is 74.9 cm³/mol. The second-order valence-electron chi connectivity index (χ2n) is 4.43. The van der Waals surface area contributed by atoms with Crippen molar-refractivity contribution in [2.45, 2.75) is 46.5 Å². The third-order valence-corrected chi connectivity index (χ3v) is 2.82. The molecule has 94 valence electrons. The van der Waals surface area contributed by atoms with E-state index in [0.29, 0.717) is 0 Å². The molecule has 0 spiro atoms. The van der Waals surface area contributed by atoms with Crippen LogP contribution < -0.4 is 0 Å². The summed E-state index contributed by atoms with van der Waals surface area (Å²) in [6.07, 6.45) is 7.04. The summed E-state index contributed by atoms with van der Waals surface area (Å²) in [7, 11) is 0. The molecular formula is C16H24O. The van der Waals surface area contributed by atoms with Gasteiger partial charge in [0.15, 0.2) is 0 Å². The fourth-order valence-corrected chi connectivity index (χ4v) is 1.84. The lowest BCUT2D eigenvalue weighted by molar-refractivity contribution is 0.266. The van der Waals surface area contributed by atoms with Crippen LogP contribution in [0.1, 0.15) is 50.7 Å². The maximum absolute atomic E-state index is 5.84. The highest BCUT2D eigenvalue weighted by Crippen LogP contribution is 2.17. The molecule has 0 atom stereocenters. The molecule has 0 unspecified atom stereocenters. The smallest absolute Gasteiger partial charge is 0.122 e. The number of ether oxygens (including phenoxy) is 1. The highest BCUT2D eigenvalue weighted by Gasteiger charge is 2.01. The zero-order valence-corrected chi connectivity index (χ0v) is 11.3. The van der Waals surface area contributed by atoms with E-state index in [1.165, 1.54) is 30.4 Å². The molecule has 0 amide bonds. The van der Waals surface area contributed by atoms with Gasteiger partial charge in [0, 0.05) is 5.56 Å². The standard InChI is InChI=1S/C16H24O/c1-4-6-7-8-12-17-16(5-2)15-11-9-10-14(3)13-15/h5,9-11,13H,4,6-8,12H2,1-3H3. The number of unbranched alkanes of at least 4 members (excludes halogenated alkanes) is 3. The Morgan fingerprint density at radius 3 is 2.71 bits per heavy atom. The quantitative estimate of drug-likeness (QED) is 0.477. The lowest BCUT2D eigenvalue weighted by Gasteiger charge is -2.10. The molecule has 0 radical (unpaired) electrons. The lowest BCUT2D eigenvalue weighted by Crippen LogP contribution is -1.95. The highest BCUT2D eigenvalue weighted by atomic mass is 16.5. The predicted octanol–water partition coefficient (Wildman–Crippen LogP) is 4.95. The molecule has 0 saturated heterocycles. The first-order valence-electron chi connectivity index (χ1n) is 6.64. The Labute approximate surface area is 106 Å². The Balaban J connectivity index is 2.44. The second-order valence-corrected chi connectivity index (χ2v) is 4.43. The molecule has 1 aromatic carbocycles. The fraction of sp³-hybridized carbons (Fsp3) is 0.500. The van der Waals surface area contributed by atoms with Crippen LogP contribution in [0.5, 0.6) is 0 Å². The van der Waals surface area contributed by atoms with Gasteiger partial charge in [0.05, 0.1) is 6.61 Å². The van der Waals surface area contributed by atoms with Crippen molar-refractivity contribution in [2.24, 2.45) is 0 Å². The van der Waals surface area contributed by atoms with Gasteiger partial charge in [-0.15, -0.1) is 0 Å². The third-order valence-electron chi connectivity index (χ3n) is 2.82. The van der Waals surface area contributed by atoms with E-state index in [2.05, 4.69) is 44.2 Å². The minimum Gasteiger partial charge on any atom is -0.493 e. The highest BCUT2D eigenvalue weighted by molar-refractivity contribution is 5.60. The van der Waals surface area contributed by atoms with Crippen LogP contribution >= 0.6 is 0 Å². The van der Waals surface area contributed by atoms with Gasteiger partial charge in [0.1, 0.15) is 5.76 Å². The van der Waals surface area contributed by atoms with Crippen LogP contribution in [0.3, 0.4) is 0 Å². The van der Waals surface area contributed by atoms with Crippen LogP contribution in [0.2, 0.25) is 0 Å². The number of rotatable bonds is 7. The van der Waals surface area contributed by atoms with E-state index in [-0.39, 0.29) is 0 Å².